The SMILES string of the molecule is CC1(O)CCN(C(CN)c2cccc(F)c2)C1. The molecule has 0 radical (unpaired) electrons. The van der Waals surface area contributed by atoms with Gasteiger partial charge in [-0.15, -0.1) is 0 Å². The fourth-order valence-corrected chi connectivity index (χ4v) is 2.46. The summed E-state index contributed by atoms with van der Waals surface area (Å²) < 4.78 is 13.2. The monoisotopic (exact) mass is 238 g/mol. The van der Waals surface area contributed by atoms with Gasteiger partial charge < -0.3 is 10.8 Å². The number of aliphatic hydroxyl groups is 1. The van der Waals surface area contributed by atoms with E-state index in [1.54, 1.807) is 6.07 Å². The number of nitrogens with zero attached hydrogens (tertiary/aromatic N) is 1. The molecule has 0 spiro atoms. The zero-order chi connectivity index (χ0) is 12.5. The number of nitrogens with two attached hydrogens (primary N) is 1. The fraction of sp³-hybridized carbons (Fsp3) is 0.538. The van der Waals surface area contributed by atoms with Gasteiger partial charge in [-0.05, 0) is 31.0 Å². The summed E-state index contributed by atoms with van der Waals surface area (Å²) in [7, 11) is 0. The summed E-state index contributed by atoms with van der Waals surface area (Å²) in [5.41, 5.74) is 6.01. The maximum Gasteiger partial charge on any atom is 0.123 e. The molecule has 1 aliphatic heterocycles. The van der Waals surface area contributed by atoms with Crippen molar-refractivity contribution in [3.05, 3.63) is 35.6 Å². The van der Waals surface area contributed by atoms with Crippen molar-refractivity contribution in [3.63, 3.8) is 0 Å². The van der Waals surface area contributed by atoms with Crippen LogP contribution in [0.5, 0.6) is 0 Å². The molecule has 0 aromatic heterocycles. The van der Waals surface area contributed by atoms with Gasteiger partial charge in [0, 0.05) is 25.7 Å². The van der Waals surface area contributed by atoms with Gasteiger partial charge in [0.05, 0.1) is 5.60 Å². The van der Waals surface area contributed by atoms with E-state index >= 15 is 0 Å². The summed E-state index contributed by atoms with van der Waals surface area (Å²) in [6.45, 7) is 3.64. The molecule has 3 nitrogen and oxygen atoms in total. The topological polar surface area (TPSA) is 49.5 Å². The van der Waals surface area contributed by atoms with Crippen LogP contribution in [0.2, 0.25) is 0 Å². The Labute approximate surface area is 101 Å². The lowest BCUT2D eigenvalue weighted by molar-refractivity contribution is 0.0626. The zero-order valence-corrected chi connectivity index (χ0v) is 10.1. The van der Waals surface area contributed by atoms with Gasteiger partial charge in [-0.1, -0.05) is 12.1 Å². The molecule has 1 heterocycles. The molecule has 1 aromatic carbocycles. The third-order valence-corrected chi connectivity index (χ3v) is 3.38. The van der Waals surface area contributed by atoms with E-state index in [0.717, 1.165) is 18.5 Å². The Balaban J connectivity index is 2.17. The molecule has 1 fully saturated rings. The molecule has 1 aromatic rings. The predicted molar refractivity (Wildman–Crippen MR) is 65.0 cm³/mol. The molecule has 0 aliphatic carbocycles. The Morgan fingerprint density at radius 1 is 1.59 bits per heavy atom. The minimum atomic E-state index is -0.652. The number of hydrogen-bond donors (Lipinski definition) is 2. The highest BCUT2D eigenvalue weighted by Crippen LogP contribution is 2.29. The largest absolute Gasteiger partial charge is 0.389 e. The molecule has 1 aliphatic rings. The molecule has 4 heteroatoms. The van der Waals surface area contributed by atoms with Gasteiger partial charge in [0.25, 0.3) is 0 Å². The first-order valence-electron chi connectivity index (χ1n) is 5.94. The minimum absolute atomic E-state index is 0.0142. The van der Waals surface area contributed by atoms with Crippen LogP contribution in [0.4, 0.5) is 4.39 Å². The summed E-state index contributed by atoms with van der Waals surface area (Å²) in [4.78, 5) is 2.12. The second kappa shape index (κ2) is 4.72. The van der Waals surface area contributed by atoms with Crippen LogP contribution in [-0.4, -0.2) is 35.2 Å². The van der Waals surface area contributed by atoms with E-state index in [2.05, 4.69) is 4.90 Å². The maximum absolute atomic E-state index is 13.2. The Hall–Kier alpha value is -0.970. The summed E-state index contributed by atoms with van der Waals surface area (Å²) in [6, 6.07) is 6.51. The molecule has 0 bridgehead atoms. The van der Waals surface area contributed by atoms with Crippen molar-refractivity contribution in [2.45, 2.75) is 25.0 Å². The first kappa shape index (κ1) is 12.5. The molecule has 94 valence electrons. The van der Waals surface area contributed by atoms with Crippen molar-refractivity contribution in [2.75, 3.05) is 19.6 Å². The molecule has 0 amide bonds. The standard InChI is InChI=1S/C13H19FN2O/c1-13(17)5-6-16(9-13)12(8-15)10-3-2-4-11(14)7-10/h2-4,7,12,17H,5-6,8-9,15H2,1H3. The Kier molecular flexibility index (Phi) is 3.47. The lowest BCUT2D eigenvalue weighted by atomic mass is 10.0. The number of benzene rings is 1. The van der Waals surface area contributed by atoms with E-state index < -0.39 is 5.60 Å². The van der Waals surface area contributed by atoms with Gasteiger partial charge >= 0.3 is 0 Å². The van der Waals surface area contributed by atoms with Crippen LogP contribution < -0.4 is 5.73 Å². The molecule has 2 atom stereocenters. The average Bonchev–Trinajstić information content (AvgIpc) is 2.60. The van der Waals surface area contributed by atoms with Gasteiger partial charge in [0.1, 0.15) is 5.82 Å². The summed E-state index contributed by atoms with van der Waals surface area (Å²) in [6.07, 6.45) is 0.735. The van der Waals surface area contributed by atoms with E-state index in [1.807, 2.05) is 13.0 Å². The van der Waals surface area contributed by atoms with Gasteiger partial charge in [0.2, 0.25) is 0 Å². The van der Waals surface area contributed by atoms with Crippen LogP contribution in [-0.2, 0) is 0 Å². The lowest BCUT2D eigenvalue weighted by Crippen LogP contribution is -2.35. The second-order valence-corrected chi connectivity index (χ2v) is 5.02. The van der Waals surface area contributed by atoms with E-state index in [1.165, 1.54) is 12.1 Å². The predicted octanol–water partition coefficient (Wildman–Crippen LogP) is 1.28. The van der Waals surface area contributed by atoms with Crippen LogP contribution in [0.3, 0.4) is 0 Å². The van der Waals surface area contributed by atoms with Crippen molar-refractivity contribution in [1.29, 1.82) is 0 Å². The smallest absolute Gasteiger partial charge is 0.123 e. The van der Waals surface area contributed by atoms with Crippen molar-refractivity contribution >= 4 is 0 Å². The summed E-state index contributed by atoms with van der Waals surface area (Å²) in [5.74, 6) is -0.244. The third kappa shape index (κ3) is 2.83. The molecule has 0 saturated carbocycles. The maximum atomic E-state index is 13.2. The molecule has 3 N–H and O–H groups in total. The number of halogens is 1. The molecule has 17 heavy (non-hydrogen) atoms. The van der Waals surface area contributed by atoms with Crippen molar-refractivity contribution in [2.24, 2.45) is 5.73 Å². The normalized spacial score (nSPS) is 27.3. The zero-order valence-electron chi connectivity index (χ0n) is 10.1. The second-order valence-electron chi connectivity index (χ2n) is 5.02. The highest BCUT2D eigenvalue weighted by Gasteiger charge is 2.35. The van der Waals surface area contributed by atoms with E-state index in [-0.39, 0.29) is 11.9 Å². The Morgan fingerprint density at radius 2 is 2.35 bits per heavy atom. The average molecular weight is 238 g/mol. The number of hydrogen-bond acceptors (Lipinski definition) is 3. The van der Waals surface area contributed by atoms with Gasteiger partial charge in [0.15, 0.2) is 0 Å². The van der Waals surface area contributed by atoms with Gasteiger partial charge in [-0.3, -0.25) is 4.90 Å². The van der Waals surface area contributed by atoms with Gasteiger partial charge in [-0.25, -0.2) is 4.39 Å². The third-order valence-electron chi connectivity index (χ3n) is 3.38. The molecular formula is C13H19FN2O. The van der Waals surface area contributed by atoms with Crippen molar-refractivity contribution < 1.29 is 9.50 Å². The summed E-state index contributed by atoms with van der Waals surface area (Å²) in [5, 5.41) is 9.95. The molecule has 2 unspecified atom stereocenters. The minimum Gasteiger partial charge on any atom is -0.389 e. The highest BCUT2D eigenvalue weighted by atomic mass is 19.1. The Bertz CT molecular complexity index is 395. The van der Waals surface area contributed by atoms with Crippen LogP contribution in [0.1, 0.15) is 24.9 Å². The molecular weight excluding hydrogens is 219 g/mol. The summed E-state index contributed by atoms with van der Waals surface area (Å²) >= 11 is 0. The quantitative estimate of drug-likeness (QED) is 0.834. The number of rotatable bonds is 3. The van der Waals surface area contributed by atoms with Crippen LogP contribution in [0.15, 0.2) is 24.3 Å². The van der Waals surface area contributed by atoms with E-state index in [4.69, 9.17) is 5.73 Å². The van der Waals surface area contributed by atoms with Crippen LogP contribution in [0.25, 0.3) is 0 Å². The first-order valence-corrected chi connectivity index (χ1v) is 5.94. The van der Waals surface area contributed by atoms with Crippen LogP contribution >= 0.6 is 0 Å². The van der Waals surface area contributed by atoms with E-state index in [9.17, 15) is 9.50 Å². The fourth-order valence-electron chi connectivity index (χ4n) is 2.46. The highest BCUT2D eigenvalue weighted by molar-refractivity contribution is 5.21. The lowest BCUT2D eigenvalue weighted by Gasteiger charge is -2.28. The number of likely N-dealkylation sites (tertiary alicyclic amines) is 1. The van der Waals surface area contributed by atoms with E-state index in [0.29, 0.717) is 13.1 Å². The van der Waals surface area contributed by atoms with Crippen molar-refractivity contribution in [3.8, 4) is 0 Å². The Morgan fingerprint density at radius 3 is 2.88 bits per heavy atom. The first-order chi connectivity index (χ1) is 8.02. The van der Waals surface area contributed by atoms with Gasteiger partial charge in [-0.2, -0.15) is 0 Å². The number of β-amino-alcohol motifs (C(OH)–C–C–N with tert-alkyl or cyclic N) is 1. The molecule has 1 saturated heterocycles. The van der Waals surface area contributed by atoms with Crippen molar-refractivity contribution in [1.82, 2.24) is 4.90 Å². The molecule has 2 rings (SSSR count). The van der Waals surface area contributed by atoms with Crippen LogP contribution in [0, 0.1) is 5.82 Å².